The molecule has 3 aromatic carbocycles. The van der Waals surface area contributed by atoms with E-state index in [1.165, 1.54) is 36.4 Å². The molecule has 166 valence electrons. The fourth-order valence-electron chi connectivity index (χ4n) is 2.70. The van der Waals surface area contributed by atoms with E-state index in [9.17, 15) is 18.0 Å². The molecule has 7 nitrogen and oxygen atoms in total. The van der Waals surface area contributed by atoms with Crippen LogP contribution in [0.1, 0.15) is 15.9 Å². The highest BCUT2D eigenvalue weighted by molar-refractivity contribution is 7.92. The van der Waals surface area contributed by atoms with E-state index < -0.39 is 15.9 Å². The second kappa shape index (κ2) is 10.5. The number of hydrogen-bond donors (Lipinski definition) is 3. The van der Waals surface area contributed by atoms with Crippen LogP contribution < -0.4 is 15.4 Å². The number of rotatable bonds is 8. The fraction of sp³-hybridized carbons (Fsp3) is 0.0909. The average Bonchev–Trinajstić information content (AvgIpc) is 2.78. The summed E-state index contributed by atoms with van der Waals surface area (Å²) in [5.41, 5.74) is 1.25. The van der Waals surface area contributed by atoms with Crippen molar-refractivity contribution < 1.29 is 18.0 Å². The lowest BCUT2D eigenvalue weighted by molar-refractivity contribution is -0.120. The van der Waals surface area contributed by atoms with Gasteiger partial charge in [-0.2, -0.15) is 0 Å². The number of hydrogen-bond acceptors (Lipinski definition) is 4. The summed E-state index contributed by atoms with van der Waals surface area (Å²) in [5.74, 6) is -0.993. The second-order valence-electron chi connectivity index (χ2n) is 6.70. The Labute approximate surface area is 195 Å². The topological polar surface area (TPSA) is 104 Å². The molecule has 10 heteroatoms. The van der Waals surface area contributed by atoms with Gasteiger partial charge in [0.2, 0.25) is 5.91 Å². The number of sulfonamides is 1. The normalized spacial score (nSPS) is 10.9. The van der Waals surface area contributed by atoms with E-state index in [1.54, 1.807) is 0 Å². The molecule has 0 atom stereocenters. The lowest BCUT2D eigenvalue weighted by Crippen LogP contribution is -2.36. The SMILES string of the molecule is O=C(CNC(=O)c1ccc(Cl)c(S(=O)(=O)Nc2ccc(Cl)cc2)c1)NCc1ccccc1. The van der Waals surface area contributed by atoms with Crippen LogP contribution in [0.5, 0.6) is 0 Å². The number of benzene rings is 3. The maximum Gasteiger partial charge on any atom is 0.263 e. The van der Waals surface area contributed by atoms with Gasteiger partial charge < -0.3 is 10.6 Å². The van der Waals surface area contributed by atoms with E-state index >= 15 is 0 Å². The molecule has 0 aliphatic carbocycles. The smallest absolute Gasteiger partial charge is 0.263 e. The van der Waals surface area contributed by atoms with Gasteiger partial charge in [0.05, 0.1) is 11.6 Å². The van der Waals surface area contributed by atoms with Crippen LogP contribution in [0.15, 0.2) is 77.7 Å². The van der Waals surface area contributed by atoms with Crippen molar-refractivity contribution in [1.82, 2.24) is 10.6 Å². The van der Waals surface area contributed by atoms with Crippen molar-refractivity contribution in [1.29, 1.82) is 0 Å². The third kappa shape index (κ3) is 6.46. The molecule has 32 heavy (non-hydrogen) atoms. The largest absolute Gasteiger partial charge is 0.350 e. The van der Waals surface area contributed by atoms with Crippen molar-refractivity contribution in [3.8, 4) is 0 Å². The summed E-state index contributed by atoms with van der Waals surface area (Å²) < 4.78 is 27.9. The van der Waals surface area contributed by atoms with Crippen molar-refractivity contribution in [2.75, 3.05) is 11.3 Å². The highest BCUT2D eigenvalue weighted by atomic mass is 35.5. The van der Waals surface area contributed by atoms with Gasteiger partial charge in [-0.15, -0.1) is 0 Å². The molecular formula is C22H19Cl2N3O4S. The van der Waals surface area contributed by atoms with Gasteiger partial charge in [-0.25, -0.2) is 8.42 Å². The summed E-state index contributed by atoms with van der Waals surface area (Å²) in [4.78, 5) is 24.2. The Hall–Kier alpha value is -3.07. The molecule has 0 radical (unpaired) electrons. The van der Waals surface area contributed by atoms with Crippen LogP contribution in [-0.4, -0.2) is 26.8 Å². The number of halogens is 2. The van der Waals surface area contributed by atoms with Crippen LogP contribution >= 0.6 is 23.2 Å². The minimum absolute atomic E-state index is 0.0433. The molecule has 0 saturated carbocycles. The molecule has 0 aliphatic rings. The van der Waals surface area contributed by atoms with Crippen LogP contribution in [0.4, 0.5) is 5.69 Å². The molecule has 0 fully saturated rings. The summed E-state index contributed by atoms with van der Waals surface area (Å²) in [7, 11) is -4.07. The predicted octanol–water partition coefficient (Wildman–Crippen LogP) is 3.84. The number of nitrogens with one attached hydrogen (secondary N) is 3. The summed E-state index contributed by atoms with van der Waals surface area (Å²) in [5, 5.41) is 5.56. The van der Waals surface area contributed by atoms with Gasteiger partial charge in [-0.1, -0.05) is 53.5 Å². The van der Waals surface area contributed by atoms with E-state index in [1.807, 2.05) is 30.3 Å². The molecule has 0 bridgehead atoms. The second-order valence-corrected chi connectivity index (χ2v) is 9.20. The first-order valence-electron chi connectivity index (χ1n) is 9.41. The van der Waals surface area contributed by atoms with Crippen molar-refractivity contribution in [3.63, 3.8) is 0 Å². The molecule has 2 amide bonds. The number of anilines is 1. The van der Waals surface area contributed by atoms with Crippen LogP contribution in [0.3, 0.4) is 0 Å². The monoisotopic (exact) mass is 491 g/mol. The van der Waals surface area contributed by atoms with Gasteiger partial charge in [0.15, 0.2) is 0 Å². The lowest BCUT2D eigenvalue weighted by Gasteiger charge is -2.12. The molecule has 3 rings (SSSR count). The first-order chi connectivity index (χ1) is 15.2. The Bertz CT molecular complexity index is 1220. The van der Waals surface area contributed by atoms with Crippen molar-refractivity contribution in [2.45, 2.75) is 11.4 Å². The predicted molar refractivity (Wildman–Crippen MR) is 124 cm³/mol. The van der Waals surface area contributed by atoms with E-state index in [2.05, 4.69) is 15.4 Å². The molecule has 0 aliphatic heterocycles. The quantitative estimate of drug-likeness (QED) is 0.445. The first kappa shape index (κ1) is 23.6. The third-order valence-electron chi connectivity index (χ3n) is 4.32. The van der Waals surface area contributed by atoms with Crippen LogP contribution in [-0.2, 0) is 21.4 Å². The number of amides is 2. The summed E-state index contributed by atoms with van der Waals surface area (Å²) in [6.45, 7) is 0.0641. The van der Waals surface area contributed by atoms with Crippen LogP contribution in [0.2, 0.25) is 10.0 Å². The molecule has 0 aromatic heterocycles. The van der Waals surface area contributed by atoms with Gasteiger partial charge in [-0.3, -0.25) is 14.3 Å². The number of carbonyl (C=O) groups is 2. The zero-order valence-corrected chi connectivity index (χ0v) is 19.0. The summed E-state index contributed by atoms with van der Waals surface area (Å²) in [6.07, 6.45) is 0. The van der Waals surface area contributed by atoms with Gasteiger partial charge in [-0.05, 0) is 48.0 Å². The molecule has 3 N–H and O–H groups in total. The molecule has 0 spiro atoms. The highest BCUT2D eigenvalue weighted by Crippen LogP contribution is 2.25. The van der Waals surface area contributed by atoms with Crippen LogP contribution in [0.25, 0.3) is 0 Å². The van der Waals surface area contributed by atoms with Crippen molar-refractivity contribution in [2.24, 2.45) is 0 Å². The average molecular weight is 492 g/mol. The molecule has 3 aromatic rings. The zero-order chi connectivity index (χ0) is 23.1. The van der Waals surface area contributed by atoms with Crippen molar-refractivity contribution >= 4 is 50.7 Å². The Morgan fingerprint density at radius 1 is 0.844 bits per heavy atom. The highest BCUT2D eigenvalue weighted by Gasteiger charge is 2.21. The Kier molecular flexibility index (Phi) is 7.74. The van der Waals surface area contributed by atoms with Gasteiger partial charge >= 0.3 is 0 Å². The maximum atomic E-state index is 12.7. The Morgan fingerprint density at radius 2 is 1.53 bits per heavy atom. The molecular weight excluding hydrogens is 473 g/mol. The van der Waals surface area contributed by atoms with Gasteiger partial charge in [0.25, 0.3) is 15.9 Å². The van der Waals surface area contributed by atoms with Crippen LogP contribution in [0, 0.1) is 0 Å². The minimum Gasteiger partial charge on any atom is -0.350 e. The Morgan fingerprint density at radius 3 is 2.22 bits per heavy atom. The molecule has 0 heterocycles. The zero-order valence-electron chi connectivity index (χ0n) is 16.6. The lowest BCUT2D eigenvalue weighted by atomic mass is 10.2. The molecule has 0 unspecified atom stereocenters. The van der Waals surface area contributed by atoms with Crippen molar-refractivity contribution in [3.05, 3.63) is 94.0 Å². The van der Waals surface area contributed by atoms with Gasteiger partial charge in [0.1, 0.15) is 4.90 Å². The molecule has 0 saturated heterocycles. The Balaban J connectivity index is 1.64. The van der Waals surface area contributed by atoms with E-state index in [0.29, 0.717) is 11.6 Å². The number of carbonyl (C=O) groups excluding carboxylic acids is 2. The van der Waals surface area contributed by atoms with E-state index in [0.717, 1.165) is 11.6 Å². The van der Waals surface area contributed by atoms with E-state index in [4.69, 9.17) is 23.2 Å². The standard InChI is InChI=1S/C22H19Cl2N3O4S/c23-17-7-9-18(10-8-17)27-32(30,31)20-12-16(6-11-19(20)24)22(29)26-14-21(28)25-13-15-4-2-1-3-5-15/h1-12,27H,13-14H2,(H,25,28)(H,26,29). The maximum absolute atomic E-state index is 12.7. The van der Waals surface area contributed by atoms with Gasteiger partial charge in [0, 0.05) is 22.8 Å². The summed E-state index contributed by atoms with van der Waals surface area (Å²) >= 11 is 11.9. The van der Waals surface area contributed by atoms with E-state index in [-0.39, 0.29) is 33.6 Å². The first-order valence-corrected chi connectivity index (χ1v) is 11.7. The fourth-order valence-corrected chi connectivity index (χ4v) is 4.41. The minimum atomic E-state index is -4.07. The summed E-state index contributed by atoms with van der Waals surface area (Å²) in [6, 6.07) is 19.2. The third-order valence-corrected chi connectivity index (χ3v) is 6.44.